The minimum Gasteiger partial charge on any atom is -0.357 e. The third-order valence-corrected chi connectivity index (χ3v) is 5.00. The van der Waals surface area contributed by atoms with Gasteiger partial charge in [0, 0.05) is 25.0 Å². The lowest BCUT2D eigenvalue weighted by molar-refractivity contribution is -0.141. The predicted molar refractivity (Wildman–Crippen MR) is 110 cm³/mol. The van der Waals surface area contributed by atoms with E-state index in [2.05, 4.69) is 5.32 Å². The molecule has 27 heavy (non-hydrogen) atoms. The van der Waals surface area contributed by atoms with Gasteiger partial charge in [0.15, 0.2) is 0 Å². The number of halogens is 1. The standard InChI is InChI=1S/C22H27ClN2O2/c1-4-20(22(27)24-3)25(15-17-9-7-8-16(2)14-17)21(26)13-12-18-10-5-6-11-19(18)23/h5-11,14,20H,4,12-13,15H2,1-3H3,(H,24,27). The van der Waals surface area contributed by atoms with Gasteiger partial charge < -0.3 is 10.2 Å². The zero-order chi connectivity index (χ0) is 19.8. The summed E-state index contributed by atoms with van der Waals surface area (Å²) in [5.41, 5.74) is 3.09. The summed E-state index contributed by atoms with van der Waals surface area (Å²) < 4.78 is 0. The van der Waals surface area contributed by atoms with Gasteiger partial charge in [0.05, 0.1) is 0 Å². The molecule has 2 rings (SSSR count). The predicted octanol–water partition coefficient (Wildman–Crippen LogP) is 4.13. The highest BCUT2D eigenvalue weighted by Crippen LogP contribution is 2.19. The van der Waals surface area contributed by atoms with E-state index in [0.717, 1.165) is 16.7 Å². The molecule has 2 aromatic carbocycles. The van der Waals surface area contributed by atoms with E-state index in [1.165, 1.54) is 0 Å². The first kappa shape index (κ1) is 21.0. The Morgan fingerprint density at radius 2 is 1.89 bits per heavy atom. The van der Waals surface area contributed by atoms with Crippen LogP contribution < -0.4 is 5.32 Å². The second-order valence-electron chi connectivity index (χ2n) is 6.64. The van der Waals surface area contributed by atoms with Crippen LogP contribution in [0.2, 0.25) is 5.02 Å². The number of nitrogens with zero attached hydrogens (tertiary/aromatic N) is 1. The van der Waals surface area contributed by atoms with E-state index >= 15 is 0 Å². The topological polar surface area (TPSA) is 49.4 Å². The van der Waals surface area contributed by atoms with Crippen molar-refractivity contribution < 1.29 is 9.59 Å². The molecular formula is C22H27ClN2O2. The molecule has 1 N–H and O–H groups in total. The van der Waals surface area contributed by atoms with Crippen molar-refractivity contribution in [3.63, 3.8) is 0 Å². The molecule has 0 saturated carbocycles. The van der Waals surface area contributed by atoms with Crippen molar-refractivity contribution >= 4 is 23.4 Å². The first-order valence-corrected chi connectivity index (χ1v) is 9.64. The van der Waals surface area contributed by atoms with Crippen molar-refractivity contribution in [1.29, 1.82) is 0 Å². The maximum absolute atomic E-state index is 13.0. The van der Waals surface area contributed by atoms with Gasteiger partial charge in [0.25, 0.3) is 0 Å². The molecule has 1 unspecified atom stereocenters. The van der Waals surface area contributed by atoms with Crippen LogP contribution in [0.25, 0.3) is 0 Å². The minimum absolute atomic E-state index is 0.0492. The zero-order valence-electron chi connectivity index (χ0n) is 16.2. The molecular weight excluding hydrogens is 360 g/mol. The fourth-order valence-corrected chi connectivity index (χ4v) is 3.41. The van der Waals surface area contributed by atoms with Crippen LogP contribution in [-0.4, -0.2) is 29.8 Å². The lowest BCUT2D eigenvalue weighted by Crippen LogP contribution is -2.48. The van der Waals surface area contributed by atoms with Crippen LogP contribution in [0.1, 0.15) is 36.5 Å². The van der Waals surface area contributed by atoms with E-state index in [0.29, 0.717) is 30.8 Å². The summed E-state index contributed by atoms with van der Waals surface area (Å²) in [4.78, 5) is 27.1. The normalized spacial score (nSPS) is 11.7. The Kier molecular flexibility index (Phi) is 7.86. The molecule has 0 aliphatic carbocycles. The van der Waals surface area contributed by atoms with Crippen LogP contribution in [0.15, 0.2) is 48.5 Å². The van der Waals surface area contributed by atoms with Crippen molar-refractivity contribution in [1.82, 2.24) is 10.2 Å². The number of likely N-dealkylation sites (N-methyl/N-ethyl adjacent to an activating group) is 1. The van der Waals surface area contributed by atoms with Crippen molar-refractivity contribution in [3.8, 4) is 0 Å². The van der Waals surface area contributed by atoms with Crippen LogP contribution in [0, 0.1) is 6.92 Å². The molecule has 0 aromatic heterocycles. The number of aryl methyl sites for hydroxylation is 2. The third-order valence-electron chi connectivity index (χ3n) is 4.63. The molecule has 0 saturated heterocycles. The van der Waals surface area contributed by atoms with E-state index in [-0.39, 0.29) is 11.8 Å². The molecule has 0 fully saturated rings. The second kappa shape index (κ2) is 10.1. The average Bonchev–Trinajstić information content (AvgIpc) is 2.66. The molecule has 144 valence electrons. The number of carbonyl (C=O) groups excluding carboxylic acids is 2. The first-order valence-electron chi connectivity index (χ1n) is 9.26. The molecule has 5 heteroatoms. The highest BCUT2D eigenvalue weighted by molar-refractivity contribution is 6.31. The molecule has 0 heterocycles. The summed E-state index contributed by atoms with van der Waals surface area (Å²) >= 11 is 6.21. The Morgan fingerprint density at radius 1 is 1.15 bits per heavy atom. The Hall–Kier alpha value is -2.33. The smallest absolute Gasteiger partial charge is 0.242 e. The van der Waals surface area contributed by atoms with Gasteiger partial charge in [-0.15, -0.1) is 0 Å². The van der Waals surface area contributed by atoms with Crippen LogP contribution >= 0.6 is 11.6 Å². The highest BCUT2D eigenvalue weighted by Gasteiger charge is 2.27. The zero-order valence-corrected chi connectivity index (χ0v) is 16.9. The average molecular weight is 387 g/mol. The second-order valence-corrected chi connectivity index (χ2v) is 7.05. The summed E-state index contributed by atoms with van der Waals surface area (Å²) in [5.74, 6) is -0.192. The Morgan fingerprint density at radius 3 is 2.52 bits per heavy atom. The lowest BCUT2D eigenvalue weighted by Gasteiger charge is -2.30. The van der Waals surface area contributed by atoms with E-state index in [4.69, 9.17) is 11.6 Å². The van der Waals surface area contributed by atoms with Crippen molar-refractivity contribution in [2.45, 2.75) is 45.7 Å². The number of carbonyl (C=O) groups is 2. The van der Waals surface area contributed by atoms with E-state index in [1.807, 2.05) is 62.4 Å². The number of hydrogen-bond acceptors (Lipinski definition) is 2. The molecule has 0 aliphatic rings. The van der Waals surface area contributed by atoms with E-state index in [1.54, 1.807) is 11.9 Å². The van der Waals surface area contributed by atoms with Crippen LogP contribution in [-0.2, 0) is 22.6 Å². The van der Waals surface area contributed by atoms with Crippen molar-refractivity contribution in [2.24, 2.45) is 0 Å². The number of rotatable bonds is 8. The minimum atomic E-state index is -0.491. The molecule has 1 atom stereocenters. The molecule has 2 amide bonds. The van der Waals surface area contributed by atoms with Crippen molar-refractivity contribution in [2.75, 3.05) is 7.05 Å². The highest BCUT2D eigenvalue weighted by atomic mass is 35.5. The molecule has 0 radical (unpaired) electrons. The largest absolute Gasteiger partial charge is 0.357 e. The molecule has 2 aromatic rings. The number of hydrogen-bond donors (Lipinski definition) is 1. The molecule has 4 nitrogen and oxygen atoms in total. The Balaban J connectivity index is 2.20. The number of nitrogens with one attached hydrogen (secondary N) is 1. The molecule has 0 aliphatic heterocycles. The van der Waals surface area contributed by atoms with E-state index in [9.17, 15) is 9.59 Å². The van der Waals surface area contributed by atoms with Gasteiger partial charge in [-0.05, 0) is 37.0 Å². The summed E-state index contributed by atoms with van der Waals surface area (Å²) in [6.07, 6.45) is 1.42. The van der Waals surface area contributed by atoms with Gasteiger partial charge in [0.2, 0.25) is 11.8 Å². The van der Waals surface area contributed by atoms with Gasteiger partial charge >= 0.3 is 0 Å². The van der Waals surface area contributed by atoms with Crippen LogP contribution in [0.4, 0.5) is 0 Å². The van der Waals surface area contributed by atoms with Gasteiger partial charge in [-0.1, -0.05) is 66.6 Å². The van der Waals surface area contributed by atoms with Crippen LogP contribution in [0.3, 0.4) is 0 Å². The summed E-state index contributed by atoms with van der Waals surface area (Å²) in [6, 6.07) is 15.1. The molecule has 0 bridgehead atoms. The number of benzene rings is 2. The molecule has 0 spiro atoms. The quantitative estimate of drug-likeness (QED) is 0.741. The van der Waals surface area contributed by atoms with Crippen molar-refractivity contribution in [3.05, 3.63) is 70.2 Å². The maximum atomic E-state index is 13.0. The SMILES string of the molecule is CCC(C(=O)NC)N(Cc1cccc(C)c1)C(=O)CCc1ccccc1Cl. The third kappa shape index (κ3) is 5.83. The van der Waals surface area contributed by atoms with E-state index < -0.39 is 6.04 Å². The Labute approximate surface area is 166 Å². The fourth-order valence-electron chi connectivity index (χ4n) is 3.18. The first-order chi connectivity index (χ1) is 13.0. The summed E-state index contributed by atoms with van der Waals surface area (Å²) in [5, 5.41) is 3.34. The van der Waals surface area contributed by atoms with Gasteiger partial charge in [-0.25, -0.2) is 0 Å². The van der Waals surface area contributed by atoms with Gasteiger partial charge in [-0.2, -0.15) is 0 Å². The number of amides is 2. The monoisotopic (exact) mass is 386 g/mol. The lowest BCUT2D eigenvalue weighted by atomic mass is 10.1. The fraction of sp³-hybridized carbons (Fsp3) is 0.364. The maximum Gasteiger partial charge on any atom is 0.242 e. The Bertz CT molecular complexity index is 791. The summed E-state index contributed by atoms with van der Waals surface area (Å²) in [7, 11) is 1.60. The van der Waals surface area contributed by atoms with Crippen LogP contribution in [0.5, 0.6) is 0 Å². The van der Waals surface area contributed by atoms with Gasteiger partial charge in [0.1, 0.15) is 6.04 Å². The summed E-state index contributed by atoms with van der Waals surface area (Å²) in [6.45, 7) is 4.35. The van der Waals surface area contributed by atoms with Gasteiger partial charge in [-0.3, -0.25) is 9.59 Å².